The predicted octanol–water partition coefficient (Wildman–Crippen LogP) is 1.05. The van der Waals surface area contributed by atoms with Crippen molar-refractivity contribution >= 4 is 11.9 Å². The average molecular weight is 201 g/mol. The first-order chi connectivity index (χ1) is 6.25. The van der Waals surface area contributed by atoms with Crippen LogP contribution in [0.3, 0.4) is 0 Å². The van der Waals surface area contributed by atoms with Crippen molar-refractivity contribution in [3.05, 3.63) is 0 Å². The topological polar surface area (TPSA) is 46.6 Å². The van der Waals surface area contributed by atoms with Crippen molar-refractivity contribution in [3.63, 3.8) is 0 Å². The fraction of sp³-hybridized carbons (Fsp3) is 0.800. The number of hydrogen-bond acceptors (Lipinski definition) is 3. The predicted molar refractivity (Wildman–Crippen MR) is 53.7 cm³/mol. The highest BCUT2D eigenvalue weighted by Gasteiger charge is 2.24. The Bertz CT molecular complexity index is 218. The van der Waals surface area contributed by atoms with Gasteiger partial charge in [-0.1, -0.05) is 20.8 Å². The molecule has 4 heteroatoms. The maximum Gasteiger partial charge on any atom is 0.302 e. The van der Waals surface area contributed by atoms with Gasteiger partial charge in [0.2, 0.25) is 5.91 Å². The SMILES string of the molecule is CC(=O)OCCN(C)C(=O)C(C)(C)C. The Morgan fingerprint density at radius 1 is 1.29 bits per heavy atom. The van der Waals surface area contributed by atoms with Gasteiger partial charge in [-0.05, 0) is 0 Å². The van der Waals surface area contributed by atoms with Gasteiger partial charge in [0.05, 0.1) is 6.54 Å². The summed E-state index contributed by atoms with van der Waals surface area (Å²) >= 11 is 0. The van der Waals surface area contributed by atoms with E-state index in [1.54, 1.807) is 11.9 Å². The summed E-state index contributed by atoms with van der Waals surface area (Å²) in [4.78, 5) is 23.7. The molecule has 0 aromatic heterocycles. The number of rotatable bonds is 3. The molecule has 0 saturated heterocycles. The number of esters is 1. The van der Waals surface area contributed by atoms with Crippen molar-refractivity contribution in [2.45, 2.75) is 27.7 Å². The Balaban J connectivity index is 3.91. The smallest absolute Gasteiger partial charge is 0.302 e. The summed E-state index contributed by atoms with van der Waals surface area (Å²) in [7, 11) is 1.71. The van der Waals surface area contributed by atoms with Gasteiger partial charge in [0.15, 0.2) is 0 Å². The minimum Gasteiger partial charge on any atom is -0.464 e. The normalized spacial score (nSPS) is 10.9. The zero-order valence-corrected chi connectivity index (χ0v) is 9.59. The van der Waals surface area contributed by atoms with E-state index in [1.807, 2.05) is 20.8 Å². The van der Waals surface area contributed by atoms with Crippen LogP contribution in [-0.2, 0) is 14.3 Å². The molecule has 0 aliphatic rings. The van der Waals surface area contributed by atoms with E-state index in [0.717, 1.165) is 0 Å². The Morgan fingerprint density at radius 3 is 2.14 bits per heavy atom. The minimum absolute atomic E-state index is 0.0460. The monoisotopic (exact) mass is 201 g/mol. The average Bonchev–Trinajstić information content (AvgIpc) is 2.00. The molecular weight excluding hydrogens is 182 g/mol. The third-order valence-electron chi connectivity index (χ3n) is 1.72. The summed E-state index contributed by atoms with van der Waals surface area (Å²) in [5.41, 5.74) is -0.384. The Hall–Kier alpha value is -1.06. The summed E-state index contributed by atoms with van der Waals surface area (Å²) in [6, 6.07) is 0. The highest BCUT2D eigenvalue weighted by Crippen LogP contribution is 2.15. The van der Waals surface area contributed by atoms with E-state index < -0.39 is 0 Å². The van der Waals surface area contributed by atoms with E-state index in [-0.39, 0.29) is 23.9 Å². The number of ether oxygens (including phenoxy) is 1. The first kappa shape index (κ1) is 12.9. The van der Waals surface area contributed by atoms with Gasteiger partial charge in [-0.25, -0.2) is 0 Å². The van der Waals surface area contributed by atoms with E-state index in [0.29, 0.717) is 6.54 Å². The molecule has 0 fully saturated rings. The number of nitrogens with zero attached hydrogens (tertiary/aromatic N) is 1. The van der Waals surface area contributed by atoms with Crippen molar-refractivity contribution in [1.82, 2.24) is 4.90 Å². The summed E-state index contributed by atoms with van der Waals surface area (Å²) < 4.78 is 4.74. The molecule has 0 rings (SSSR count). The summed E-state index contributed by atoms with van der Waals surface area (Å²) in [5.74, 6) is -0.272. The molecule has 0 bridgehead atoms. The Kier molecular flexibility index (Phi) is 4.60. The molecule has 0 atom stereocenters. The molecule has 0 N–H and O–H groups in total. The lowest BCUT2D eigenvalue weighted by Gasteiger charge is -2.25. The molecule has 0 unspecified atom stereocenters. The van der Waals surface area contributed by atoms with Gasteiger partial charge in [-0.3, -0.25) is 9.59 Å². The number of carbonyl (C=O) groups excluding carboxylic acids is 2. The largest absolute Gasteiger partial charge is 0.464 e. The molecule has 0 aromatic carbocycles. The van der Waals surface area contributed by atoms with Gasteiger partial charge in [0.1, 0.15) is 6.61 Å². The van der Waals surface area contributed by atoms with E-state index in [2.05, 4.69) is 0 Å². The molecule has 0 spiro atoms. The van der Waals surface area contributed by atoms with Gasteiger partial charge >= 0.3 is 5.97 Å². The molecule has 1 amide bonds. The molecule has 0 heterocycles. The molecule has 14 heavy (non-hydrogen) atoms. The first-order valence-corrected chi connectivity index (χ1v) is 4.64. The molecule has 0 saturated carbocycles. The fourth-order valence-corrected chi connectivity index (χ4v) is 1.00. The number of hydrogen-bond donors (Lipinski definition) is 0. The van der Waals surface area contributed by atoms with Crippen molar-refractivity contribution in [1.29, 1.82) is 0 Å². The maximum absolute atomic E-state index is 11.6. The van der Waals surface area contributed by atoms with Crippen molar-refractivity contribution in [3.8, 4) is 0 Å². The van der Waals surface area contributed by atoms with Gasteiger partial charge in [0.25, 0.3) is 0 Å². The van der Waals surface area contributed by atoms with Crippen LogP contribution in [0.5, 0.6) is 0 Å². The molecule has 0 radical (unpaired) electrons. The first-order valence-electron chi connectivity index (χ1n) is 4.64. The van der Waals surface area contributed by atoms with E-state index in [9.17, 15) is 9.59 Å². The standard InChI is InChI=1S/C10H19NO3/c1-8(12)14-7-6-11(5)9(13)10(2,3)4/h6-7H2,1-5H3. The van der Waals surface area contributed by atoms with Crippen molar-refractivity contribution < 1.29 is 14.3 Å². The minimum atomic E-state index is -0.384. The fourth-order valence-electron chi connectivity index (χ4n) is 1.00. The Morgan fingerprint density at radius 2 is 1.79 bits per heavy atom. The van der Waals surface area contributed by atoms with Gasteiger partial charge < -0.3 is 9.64 Å². The molecule has 0 aromatic rings. The van der Waals surface area contributed by atoms with Crippen LogP contribution in [0.15, 0.2) is 0 Å². The zero-order valence-electron chi connectivity index (χ0n) is 9.59. The molecular formula is C10H19NO3. The van der Waals surface area contributed by atoms with Crippen LogP contribution in [-0.4, -0.2) is 37.0 Å². The van der Waals surface area contributed by atoms with E-state index in [1.165, 1.54) is 6.92 Å². The molecule has 4 nitrogen and oxygen atoms in total. The van der Waals surface area contributed by atoms with Crippen LogP contribution in [0.2, 0.25) is 0 Å². The second-order valence-corrected chi connectivity index (χ2v) is 4.32. The van der Waals surface area contributed by atoms with Crippen molar-refractivity contribution in [2.24, 2.45) is 5.41 Å². The van der Waals surface area contributed by atoms with E-state index >= 15 is 0 Å². The summed E-state index contributed by atoms with van der Waals surface area (Å²) in [5, 5.41) is 0. The maximum atomic E-state index is 11.6. The quantitative estimate of drug-likeness (QED) is 0.641. The van der Waals surface area contributed by atoms with Crippen LogP contribution in [0, 0.1) is 5.41 Å². The van der Waals surface area contributed by atoms with Crippen molar-refractivity contribution in [2.75, 3.05) is 20.2 Å². The zero-order chi connectivity index (χ0) is 11.4. The van der Waals surface area contributed by atoms with Gasteiger partial charge in [-0.2, -0.15) is 0 Å². The highest BCUT2D eigenvalue weighted by atomic mass is 16.5. The van der Waals surface area contributed by atoms with Crippen LogP contribution < -0.4 is 0 Å². The molecule has 0 aliphatic heterocycles. The number of carbonyl (C=O) groups is 2. The lowest BCUT2D eigenvalue weighted by Crippen LogP contribution is -2.38. The molecule has 82 valence electrons. The second kappa shape index (κ2) is 4.98. The van der Waals surface area contributed by atoms with Crippen LogP contribution in [0.1, 0.15) is 27.7 Å². The van der Waals surface area contributed by atoms with Crippen LogP contribution >= 0.6 is 0 Å². The lowest BCUT2D eigenvalue weighted by molar-refractivity contribution is -0.145. The lowest BCUT2D eigenvalue weighted by atomic mass is 9.95. The molecule has 0 aliphatic carbocycles. The third-order valence-corrected chi connectivity index (χ3v) is 1.72. The van der Waals surface area contributed by atoms with Crippen LogP contribution in [0.25, 0.3) is 0 Å². The summed E-state index contributed by atoms with van der Waals surface area (Å²) in [6.45, 7) is 7.63. The number of likely N-dealkylation sites (N-methyl/N-ethyl adjacent to an activating group) is 1. The van der Waals surface area contributed by atoms with E-state index in [4.69, 9.17) is 4.74 Å². The number of amides is 1. The van der Waals surface area contributed by atoms with Gasteiger partial charge in [-0.15, -0.1) is 0 Å². The van der Waals surface area contributed by atoms with Gasteiger partial charge in [0, 0.05) is 19.4 Å². The third kappa shape index (κ3) is 4.84. The Labute approximate surface area is 85.2 Å². The highest BCUT2D eigenvalue weighted by molar-refractivity contribution is 5.81. The van der Waals surface area contributed by atoms with Crippen LogP contribution in [0.4, 0.5) is 0 Å². The summed E-state index contributed by atoms with van der Waals surface area (Å²) in [6.07, 6.45) is 0. The second-order valence-electron chi connectivity index (χ2n) is 4.32.